The topological polar surface area (TPSA) is 61.3 Å². The van der Waals surface area contributed by atoms with Crippen molar-refractivity contribution < 1.29 is 14.3 Å². The summed E-state index contributed by atoms with van der Waals surface area (Å²) in [6, 6.07) is 6.90. The highest BCUT2D eigenvalue weighted by molar-refractivity contribution is 5.88. The smallest absolute Gasteiger partial charge is 0.356 e. The van der Waals surface area contributed by atoms with Crippen LogP contribution in [0, 0.1) is 0 Å². The van der Waals surface area contributed by atoms with Crippen LogP contribution < -0.4 is 4.74 Å². The van der Waals surface area contributed by atoms with Gasteiger partial charge in [0.15, 0.2) is 0 Å². The van der Waals surface area contributed by atoms with Crippen LogP contribution in [0.5, 0.6) is 5.75 Å². The SMILES string of the molecule is CCOC(=O)c1ccc(OC)c(-c2ccncc2)n1. The molecule has 0 atom stereocenters. The summed E-state index contributed by atoms with van der Waals surface area (Å²) in [4.78, 5) is 19.9. The van der Waals surface area contributed by atoms with Gasteiger partial charge in [-0.3, -0.25) is 4.98 Å². The van der Waals surface area contributed by atoms with Crippen LogP contribution in [-0.2, 0) is 4.74 Å². The molecular formula is C14H14N2O3. The normalized spacial score (nSPS) is 10.0. The molecule has 0 aliphatic heterocycles. The van der Waals surface area contributed by atoms with Crippen LogP contribution in [0.25, 0.3) is 11.3 Å². The largest absolute Gasteiger partial charge is 0.494 e. The Morgan fingerprint density at radius 3 is 2.58 bits per heavy atom. The maximum atomic E-state index is 11.7. The van der Waals surface area contributed by atoms with Gasteiger partial charge in [-0.1, -0.05) is 0 Å². The van der Waals surface area contributed by atoms with Gasteiger partial charge in [0, 0.05) is 18.0 Å². The summed E-state index contributed by atoms with van der Waals surface area (Å²) in [5.74, 6) is 0.153. The van der Waals surface area contributed by atoms with Gasteiger partial charge in [0.1, 0.15) is 17.1 Å². The molecule has 19 heavy (non-hydrogen) atoms. The average molecular weight is 258 g/mol. The predicted octanol–water partition coefficient (Wildman–Crippen LogP) is 2.33. The number of methoxy groups -OCH3 is 1. The summed E-state index contributed by atoms with van der Waals surface area (Å²) in [5, 5.41) is 0. The Bertz CT molecular complexity index is 570. The second-order valence-electron chi connectivity index (χ2n) is 3.70. The van der Waals surface area contributed by atoms with Crippen molar-refractivity contribution in [3.63, 3.8) is 0 Å². The Labute approximate surface area is 111 Å². The highest BCUT2D eigenvalue weighted by atomic mass is 16.5. The molecule has 0 saturated heterocycles. The molecule has 2 rings (SSSR count). The lowest BCUT2D eigenvalue weighted by atomic mass is 10.1. The second-order valence-corrected chi connectivity index (χ2v) is 3.70. The number of esters is 1. The van der Waals surface area contributed by atoms with Gasteiger partial charge in [-0.05, 0) is 31.2 Å². The van der Waals surface area contributed by atoms with Crippen LogP contribution in [0.3, 0.4) is 0 Å². The molecule has 0 bridgehead atoms. The number of pyridine rings is 2. The molecule has 0 saturated carbocycles. The van der Waals surface area contributed by atoms with E-state index in [1.807, 2.05) is 0 Å². The zero-order chi connectivity index (χ0) is 13.7. The van der Waals surface area contributed by atoms with Crippen molar-refractivity contribution in [2.24, 2.45) is 0 Å². The molecule has 2 aromatic heterocycles. The molecule has 0 unspecified atom stereocenters. The number of nitrogens with zero attached hydrogens (tertiary/aromatic N) is 2. The first-order chi connectivity index (χ1) is 9.26. The fourth-order valence-electron chi connectivity index (χ4n) is 1.65. The molecule has 5 nitrogen and oxygen atoms in total. The standard InChI is InChI=1S/C14H14N2O3/c1-3-19-14(17)11-4-5-12(18-2)13(16-11)10-6-8-15-9-7-10/h4-9H,3H2,1-2H3. The van der Waals surface area contributed by atoms with E-state index in [-0.39, 0.29) is 5.69 Å². The van der Waals surface area contributed by atoms with Crippen LogP contribution >= 0.6 is 0 Å². The summed E-state index contributed by atoms with van der Waals surface area (Å²) in [6.45, 7) is 2.07. The summed E-state index contributed by atoms with van der Waals surface area (Å²) in [5.41, 5.74) is 1.68. The van der Waals surface area contributed by atoms with E-state index in [1.54, 1.807) is 50.7 Å². The molecule has 0 aliphatic rings. The summed E-state index contributed by atoms with van der Waals surface area (Å²) < 4.78 is 10.2. The first kappa shape index (κ1) is 13.0. The van der Waals surface area contributed by atoms with Gasteiger partial charge >= 0.3 is 5.97 Å². The maximum Gasteiger partial charge on any atom is 0.356 e. The molecule has 0 aromatic carbocycles. The molecule has 98 valence electrons. The van der Waals surface area contributed by atoms with Crippen molar-refractivity contribution in [1.29, 1.82) is 0 Å². The number of hydrogen-bond donors (Lipinski definition) is 0. The molecule has 2 aromatic rings. The number of carbonyl (C=O) groups excluding carboxylic acids is 1. The van der Waals surface area contributed by atoms with Crippen molar-refractivity contribution in [3.8, 4) is 17.0 Å². The molecule has 5 heteroatoms. The minimum Gasteiger partial charge on any atom is -0.494 e. The Balaban J connectivity index is 2.46. The van der Waals surface area contributed by atoms with Crippen molar-refractivity contribution >= 4 is 5.97 Å². The monoisotopic (exact) mass is 258 g/mol. The summed E-state index contributed by atoms with van der Waals surface area (Å²) in [6.07, 6.45) is 3.32. The number of aromatic nitrogens is 2. The van der Waals surface area contributed by atoms with Gasteiger partial charge in [-0.2, -0.15) is 0 Å². The van der Waals surface area contributed by atoms with Gasteiger partial charge in [-0.25, -0.2) is 9.78 Å². The molecule has 0 spiro atoms. The number of carbonyl (C=O) groups is 1. The first-order valence-corrected chi connectivity index (χ1v) is 5.88. The molecule has 0 aliphatic carbocycles. The molecular weight excluding hydrogens is 244 g/mol. The lowest BCUT2D eigenvalue weighted by molar-refractivity contribution is 0.0519. The van der Waals surface area contributed by atoms with E-state index >= 15 is 0 Å². The van der Waals surface area contributed by atoms with Crippen LogP contribution in [0.4, 0.5) is 0 Å². The van der Waals surface area contributed by atoms with E-state index in [1.165, 1.54) is 0 Å². The van der Waals surface area contributed by atoms with Crippen LogP contribution in [0.15, 0.2) is 36.7 Å². The molecule has 0 N–H and O–H groups in total. The van der Waals surface area contributed by atoms with E-state index in [9.17, 15) is 4.79 Å². The summed E-state index contributed by atoms with van der Waals surface area (Å²) in [7, 11) is 1.56. The lowest BCUT2D eigenvalue weighted by Gasteiger charge is -2.09. The number of rotatable bonds is 4. The maximum absolute atomic E-state index is 11.7. The molecule has 0 radical (unpaired) electrons. The minimum atomic E-state index is -0.444. The zero-order valence-corrected chi connectivity index (χ0v) is 10.8. The minimum absolute atomic E-state index is 0.259. The Morgan fingerprint density at radius 2 is 1.95 bits per heavy atom. The van der Waals surface area contributed by atoms with Crippen LogP contribution in [-0.4, -0.2) is 29.7 Å². The second kappa shape index (κ2) is 5.95. The Kier molecular flexibility index (Phi) is 4.07. The molecule has 0 amide bonds. The van der Waals surface area contributed by atoms with Crippen LogP contribution in [0.1, 0.15) is 17.4 Å². The third kappa shape index (κ3) is 2.88. The first-order valence-electron chi connectivity index (χ1n) is 5.88. The third-order valence-electron chi connectivity index (χ3n) is 2.52. The van der Waals surface area contributed by atoms with Gasteiger partial charge in [-0.15, -0.1) is 0 Å². The Morgan fingerprint density at radius 1 is 1.21 bits per heavy atom. The van der Waals surface area contributed by atoms with Crippen molar-refractivity contribution in [2.75, 3.05) is 13.7 Å². The van der Waals surface area contributed by atoms with Crippen molar-refractivity contribution in [1.82, 2.24) is 9.97 Å². The van der Waals surface area contributed by atoms with Gasteiger partial charge in [0.25, 0.3) is 0 Å². The average Bonchev–Trinajstić information content (AvgIpc) is 2.47. The van der Waals surface area contributed by atoms with Crippen molar-refractivity contribution in [3.05, 3.63) is 42.4 Å². The lowest BCUT2D eigenvalue weighted by Crippen LogP contribution is -2.08. The van der Waals surface area contributed by atoms with Gasteiger partial charge < -0.3 is 9.47 Å². The zero-order valence-electron chi connectivity index (χ0n) is 10.8. The van der Waals surface area contributed by atoms with Gasteiger partial charge in [0.2, 0.25) is 0 Å². The van der Waals surface area contributed by atoms with Gasteiger partial charge in [0.05, 0.1) is 13.7 Å². The fourth-order valence-corrected chi connectivity index (χ4v) is 1.65. The van der Waals surface area contributed by atoms with E-state index in [0.29, 0.717) is 18.1 Å². The van der Waals surface area contributed by atoms with E-state index in [4.69, 9.17) is 9.47 Å². The number of ether oxygens (including phenoxy) is 2. The molecule has 0 fully saturated rings. The predicted molar refractivity (Wildman–Crippen MR) is 70.0 cm³/mol. The van der Waals surface area contributed by atoms with Crippen molar-refractivity contribution in [2.45, 2.75) is 6.92 Å². The fraction of sp³-hybridized carbons (Fsp3) is 0.214. The third-order valence-corrected chi connectivity index (χ3v) is 2.52. The van der Waals surface area contributed by atoms with E-state index in [0.717, 1.165) is 5.56 Å². The Hall–Kier alpha value is -2.43. The highest BCUT2D eigenvalue weighted by Gasteiger charge is 2.14. The summed E-state index contributed by atoms with van der Waals surface area (Å²) >= 11 is 0. The van der Waals surface area contributed by atoms with E-state index < -0.39 is 5.97 Å². The molecule has 2 heterocycles. The van der Waals surface area contributed by atoms with E-state index in [2.05, 4.69) is 9.97 Å². The number of hydrogen-bond acceptors (Lipinski definition) is 5. The quantitative estimate of drug-likeness (QED) is 0.788. The highest BCUT2D eigenvalue weighted by Crippen LogP contribution is 2.27. The van der Waals surface area contributed by atoms with Crippen LogP contribution in [0.2, 0.25) is 0 Å².